The predicted molar refractivity (Wildman–Crippen MR) is 151 cm³/mol. The van der Waals surface area contributed by atoms with Crippen LogP contribution in [0.15, 0.2) is 53.0 Å². The van der Waals surface area contributed by atoms with Crippen LogP contribution in [0.1, 0.15) is 40.6 Å². The Morgan fingerprint density at radius 2 is 1.70 bits per heavy atom. The molecule has 0 bridgehead atoms. The van der Waals surface area contributed by atoms with Crippen molar-refractivity contribution in [3.05, 3.63) is 69.7 Å². The number of hydrogen-bond acceptors (Lipinski definition) is 11. The molecular formula is C29H30N4O10. The summed E-state index contributed by atoms with van der Waals surface area (Å²) >= 11 is 0. The minimum Gasteiger partial charge on any atom is -0.511 e. The second-order valence-electron chi connectivity index (χ2n) is 11.0. The third kappa shape index (κ3) is 4.65. The van der Waals surface area contributed by atoms with Crippen LogP contribution in [-0.2, 0) is 16.0 Å². The van der Waals surface area contributed by atoms with Gasteiger partial charge in [-0.1, -0.05) is 12.1 Å². The molecule has 2 aromatic rings. The Morgan fingerprint density at radius 3 is 2.28 bits per heavy atom. The number of benzene rings is 2. The van der Waals surface area contributed by atoms with E-state index in [1.807, 2.05) is 0 Å². The van der Waals surface area contributed by atoms with E-state index in [1.54, 1.807) is 19.0 Å². The average molecular weight is 595 g/mol. The Labute approximate surface area is 244 Å². The van der Waals surface area contributed by atoms with Crippen molar-refractivity contribution in [2.75, 3.05) is 29.6 Å². The summed E-state index contributed by atoms with van der Waals surface area (Å²) in [5.74, 6) is -7.44. The number of carbonyl (C=O) groups is 4. The van der Waals surface area contributed by atoms with Gasteiger partial charge in [0.25, 0.3) is 5.91 Å². The highest BCUT2D eigenvalue weighted by Crippen LogP contribution is 2.53. The van der Waals surface area contributed by atoms with Crippen molar-refractivity contribution in [2.24, 2.45) is 17.6 Å². The van der Waals surface area contributed by atoms with E-state index in [-0.39, 0.29) is 41.6 Å². The van der Waals surface area contributed by atoms with Crippen molar-refractivity contribution in [3.8, 4) is 5.75 Å². The first-order valence-corrected chi connectivity index (χ1v) is 13.2. The number of anilines is 3. The number of ketones is 2. The molecule has 3 aliphatic rings. The summed E-state index contributed by atoms with van der Waals surface area (Å²) in [5, 5.41) is 67.7. The molecule has 0 fully saturated rings. The van der Waals surface area contributed by atoms with E-state index in [1.165, 1.54) is 30.3 Å². The Morgan fingerprint density at radius 1 is 1.05 bits per heavy atom. The summed E-state index contributed by atoms with van der Waals surface area (Å²) in [7, 11) is 3.38. The van der Waals surface area contributed by atoms with Crippen LogP contribution in [0.2, 0.25) is 0 Å². The number of Topliss-reactive ketones (excluding diaryl/α,β-unsaturated/α-hetero) is 2. The smallest absolute Gasteiger partial charge is 0.323 e. The maximum Gasteiger partial charge on any atom is 0.323 e. The molecule has 0 saturated heterocycles. The van der Waals surface area contributed by atoms with Crippen molar-refractivity contribution in [2.45, 2.75) is 31.2 Å². The zero-order valence-corrected chi connectivity index (χ0v) is 23.1. The minimum atomic E-state index is -2.69. The molecule has 0 aliphatic heterocycles. The van der Waals surface area contributed by atoms with Gasteiger partial charge in [-0.25, -0.2) is 4.79 Å². The van der Waals surface area contributed by atoms with Crippen LogP contribution in [0.5, 0.6) is 5.75 Å². The summed E-state index contributed by atoms with van der Waals surface area (Å²) in [6, 6.07) is 6.30. The Kier molecular flexibility index (Phi) is 7.16. The number of aliphatic hydroxyl groups excluding tert-OH is 3. The molecular weight excluding hydrogens is 564 g/mol. The van der Waals surface area contributed by atoms with Gasteiger partial charge in [-0.15, -0.1) is 0 Å². The van der Waals surface area contributed by atoms with Crippen molar-refractivity contribution in [3.63, 3.8) is 0 Å². The van der Waals surface area contributed by atoms with Gasteiger partial charge < -0.3 is 51.9 Å². The molecule has 14 heteroatoms. The molecule has 14 nitrogen and oxygen atoms in total. The zero-order chi connectivity index (χ0) is 31.5. The normalized spacial score (nSPS) is 23.0. The maximum atomic E-state index is 13.9. The van der Waals surface area contributed by atoms with Crippen molar-refractivity contribution in [1.29, 1.82) is 0 Å². The molecule has 5 rings (SSSR count). The largest absolute Gasteiger partial charge is 0.511 e. The first-order chi connectivity index (χ1) is 20.2. The fourth-order valence-electron chi connectivity index (χ4n) is 6.19. The van der Waals surface area contributed by atoms with Gasteiger partial charge in [-0.2, -0.15) is 0 Å². The van der Waals surface area contributed by atoms with Gasteiger partial charge in [-0.3, -0.25) is 14.4 Å². The van der Waals surface area contributed by atoms with E-state index in [9.17, 15) is 49.8 Å². The van der Waals surface area contributed by atoms with E-state index in [0.29, 0.717) is 16.9 Å². The third-order valence-corrected chi connectivity index (χ3v) is 8.24. The molecule has 0 saturated carbocycles. The molecule has 3 aliphatic carbocycles. The quantitative estimate of drug-likeness (QED) is 0.136. The molecule has 0 radical (unpaired) electrons. The standard InChI is InChI=1S/C29H30N4O10/c1-33(2)17-10-16(32-28(42)31-14-5-3-11(4-6-14)27(40)41)22(35)20-15(17)8-12-7-13-9-18(34)21(26(30)39)25(38)29(13,43)24(37)19(12)23(20)36/h3-6,10,12-13,27,34-35,37,40-41,43H,7-9H2,1-2H3,(H2,30,39)(H2,31,32,42)/t12-,13+,29+/m1/s1. The summed E-state index contributed by atoms with van der Waals surface area (Å²) in [4.78, 5) is 53.4. The summed E-state index contributed by atoms with van der Waals surface area (Å²) in [6.07, 6.45) is -1.93. The van der Waals surface area contributed by atoms with E-state index in [4.69, 9.17) is 5.73 Å². The van der Waals surface area contributed by atoms with Crippen molar-refractivity contribution >= 4 is 40.6 Å². The molecule has 226 valence electrons. The van der Waals surface area contributed by atoms with Gasteiger partial charge in [0.15, 0.2) is 23.4 Å². The number of hydrogen-bond donors (Lipinski definition) is 9. The van der Waals surface area contributed by atoms with Gasteiger partial charge in [0.05, 0.1) is 11.3 Å². The fourth-order valence-corrected chi connectivity index (χ4v) is 6.19. The Bertz CT molecular complexity index is 1640. The van der Waals surface area contributed by atoms with Crippen LogP contribution in [0, 0.1) is 11.8 Å². The van der Waals surface area contributed by atoms with Crippen molar-refractivity contribution < 1.29 is 49.8 Å². The number of nitrogens with two attached hydrogens (primary N) is 1. The number of phenols is 1. The molecule has 2 aromatic carbocycles. The van der Waals surface area contributed by atoms with Crippen LogP contribution in [0.25, 0.3) is 0 Å². The monoisotopic (exact) mass is 594 g/mol. The van der Waals surface area contributed by atoms with Crippen LogP contribution < -0.4 is 21.3 Å². The van der Waals surface area contributed by atoms with Gasteiger partial charge in [0.2, 0.25) is 5.78 Å². The number of fused-ring (bicyclic) bond motifs is 3. The number of primary amides is 1. The molecule has 0 heterocycles. The zero-order valence-electron chi connectivity index (χ0n) is 23.1. The second-order valence-corrected chi connectivity index (χ2v) is 11.0. The lowest BCUT2D eigenvalue weighted by Gasteiger charge is -2.45. The van der Waals surface area contributed by atoms with Crippen LogP contribution >= 0.6 is 0 Å². The molecule has 0 unspecified atom stereocenters. The van der Waals surface area contributed by atoms with E-state index >= 15 is 0 Å². The lowest BCUT2D eigenvalue weighted by molar-refractivity contribution is -0.144. The van der Waals surface area contributed by atoms with E-state index < -0.39 is 70.1 Å². The highest BCUT2D eigenvalue weighted by molar-refractivity contribution is 6.24. The molecule has 43 heavy (non-hydrogen) atoms. The second kappa shape index (κ2) is 10.4. The van der Waals surface area contributed by atoms with E-state index in [2.05, 4.69) is 10.6 Å². The number of nitrogens with one attached hydrogen (secondary N) is 2. The first-order valence-electron chi connectivity index (χ1n) is 13.2. The number of urea groups is 1. The SMILES string of the molecule is CN(C)c1cc(NC(=O)Nc2ccc(C(O)O)cc2)c(O)c2c1C[C@H]1C[C@H]3CC(O)=C(C(N)=O)C(=O)[C@@]3(O)C(O)=C1C2=O. The number of nitrogens with zero attached hydrogens (tertiary/aromatic N) is 1. The number of amides is 3. The number of phenolic OH excluding ortho intramolecular Hbond substituents is 1. The predicted octanol–water partition coefficient (Wildman–Crippen LogP) is 1.27. The Hall–Kier alpha value is -4.92. The highest BCUT2D eigenvalue weighted by Gasteiger charge is 2.59. The fraction of sp³-hybridized carbons (Fsp3) is 0.310. The number of carbonyl (C=O) groups excluding carboxylic acids is 4. The highest BCUT2D eigenvalue weighted by atomic mass is 16.5. The topological polar surface area (TPSA) is 243 Å². The lowest BCUT2D eigenvalue weighted by atomic mass is 9.60. The van der Waals surface area contributed by atoms with Crippen LogP contribution in [0.3, 0.4) is 0 Å². The summed E-state index contributed by atoms with van der Waals surface area (Å²) < 4.78 is 0. The number of aliphatic hydroxyl groups is 5. The molecule has 3 atom stereocenters. The number of rotatable bonds is 5. The summed E-state index contributed by atoms with van der Waals surface area (Å²) in [6.45, 7) is 0. The number of aromatic hydroxyl groups is 1. The first kappa shape index (κ1) is 29.6. The lowest BCUT2D eigenvalue weighted by Crippen LogP contribution is -2.57. The summed E-state index contributed by atoms with van der Waals surface area (Å²) in [5.41, 5.74) is 2.33. The molecule has 0 aromatic heterocycles. The van der Waals surface area contributed by atoms with Gasteiger partial charge >= 0.3 is 6.03 Å². The average Bonchev–Trinajstić information content (AvgIpc) is 2.92. The maximum absolute atomic E-state index is 13.9. The van der Waals surface area contributed by atoms with Crippen LogP contribution in [0.4, 0.5) is 21.9 Å². The number of allylic oxidation sites excluding steroid dienone is 2. The van der Waals surface area contributed by atoms with Gasteiger partial charge in [0, 0.05) is 48.9 Å². The Balaban J connectivity index is 1.54. The minimum absolute atomic E-state index is 0.00888. The molecule has 0 spiro atoms. The molecule has 3 amide bonds. The third-order valence-electron chi connectivity index (χ3n) is 8.24. The molecule has 10 N–H and O–H groups in total. The van der Waals surface area contributed by atoms with Crippen LogP contribution in [-0.4, -0.2) is 73.8 Å². The van der Waals surface area contributed by atoms with Crippen molar-refractivity contribution in [1.82, 2.24) is 0 Å². The van der Waals surface area contributed by atoms with Gasteiger partial charge in [-0.05, 0) is 42.5 Å². The van der Waals surface area contributed by atoms with E-state index in [0.717, 1.165) is 0 Å². The van der Waals surface area contributed by atoms with Gasteiger partial charge in [0.1, 0.15) is 17.1 Å².